The molecule has 0 heterocycles. The molecule has 1 aromatic rings. The second kappa shape index (κ2) is 7.09. The SMILES string of the molecule is COc1cc(C(C)C)ccc1/C=C/CCON. The number of hydrogen-bond donors (Lipinski definition) is 1. The Morgan fingerprint density at radius 2 is 2.12 bits per heavy atom. The van der Waals surface area contributed by atoms with Gasteiger partial charge in [-0.3, -0.25) is 0 Å². The molecule has 2 N–H and O–H groups in total. The van der Waals surface area contributed by atoms with Crippen LogP contribution < -0.4 is 10.6 Å². The van der Waals surface area contributed by atoms with E-state index in [0.717, 1.165) is 17.7 Å². The molecular formula is C14H21NO2. The fourth-order valence-electron chi connectivity index (χ4n) is 1.57. The fraction of sp³-hybridized carbons (Fsp3) is 0.429. The summed E-state index contributed by atoms with van der Waals surface area (Å²) in [4.78, 5) is 4.50. The monoisotopic (exact) mass is 235 g/mol. The predicted octanol–water partition coefficient (Wildman–Crippen LogP) is 3.11. The van der Waals surface area contributed by atoms with Gasteiger partial charge in [-0.1, -0.05) is 38.1 Å². The Balaban J connectivity index is 2.81. The largest absolute Gasteiger partial charge is 0.496 e. The maximum Gasteiger partial charge on any atom is 0.126 e. The number of ether oxygens (including phenoxy) is 1. The molecule has 3 heteroatoms. The molecule has 94 valence electrons. The van der Waals surface area contributed by atoms with E-state index in [2.05, 4.69) is 36.9 Å². The average Bonchev–Trinajstić information content (AvgIpc) is 2.34. The van der Waals surface area contributed by atoms with E-state index in [9.17, 15) is 0 Å². The lowest BCUT2D eigenvalue weighted by Crippen LogP contribution is -1.98. The number of methoxy groups -OCH3 is 1. The van der Waals surface area contributed by atoms with Crippen LogP contribution in [0.3, 0.4) is 0 Å². The number of hydrogen-bond acceptors (Lipinski definition) is 3. The summed E-state index contributed by atoms with van der Waals surface area (Å²) in [7, 11) is 1.69. The zero-order valence-corrected chi connectivity index (χ0v) is 10.8. The molecule has 0 radical (unpaired) electrons. The van der Waals surface area contributed by atoms with Crippen LogP contribution in [0.1, 0.15) is 37.3 Å². The highest BCUT2D eigenvalue weighted by Gasteiger charge is 2.04. The number of benzene rings is 1. The highest BCUT2D eigenvalue weighted by Crippen LogP contribution is 2.25. The van der Waals surface area contributed by atoms with Crippen LogP contribution in [0.25, 0.3) is 6.08 Å². The van der Waals surface area contributed by atoms with Crippen molar-refractivity contribution >= 4 is 6.08 Å². The van der Waals surface area contributed by atoms with E-state index in [0.29, 0.717) is 12.5 Å². The first kappa shape index (κ1) is 13.7. The van der Waals surface area contributed by atoms with Crippen molar-refractivity contribution in [2.24, 2.45) is 5.90 Å². The van der Waals surface area contributed by atoms with E-state index in [-0.39, 0.29) is 0 Å². The van der Waals surface area contributed by atoms with Gasteiger partial charge in [-0.05, 0) is 24.0 Å². The first-order chi connectivity index (χ1) is 8.19. The second-order valence-corrected chi connectivity index (χ2v) is 4.22. The molecule has 0 amide bonds. The lowest BCUT2D eigenvalue weighted by atomic mass is 10.0. The summed E-state index contributed by atoms with van der Waals surface area (Å²) in [6.45, 7) is 4.87. The van der Waals surface area contributed by atoms with Gasteiger partial charge in [-0.2, -0.15) is 0 Å². The second-order valence-electron chi connectivity index (χ2n) is 4.22. The van der Waals surface area contributed by atoms with Crippen molar-refractivity contribution in [3.8, 4) is 5.75 Å². The van der Waals surface area contributed by atoms with E-state index < -0.39 is 0 Å². The molecule has 0 bridgehead atoms. The van der Waals surface area contributed by atoms with Gasteiger partial charge in [0.25, 0.3) is 0 Å². The summed E-state index contributed by atoms with van der Waals surface area (Å²) in [6.07, 6.45) is 4.85. The van der Waals surface area contributed by atoms with E-state index >= 15 is 0 Å². The Hall–Kier alpha value is -1.32. The van der Waals surface area contributed by atoms with Crippen molar-refractivity contribution < 1.29 is 9.57 Å². The molecule has 0 atom stereocenters. The van der Waals surface area contributed by atoms with Crippen molar-refractivity contribution in [3.05, 3.63) is 35.4 Å². The zero-order valence-electron chi connectivity index (χ0n) is 10.8. The van der Waals surface area contributed by atoms with Gasteiger partial charge in [-0.15, -0.1) is 0 Å². The van der Waals surface area contributed by atoms with Gasteiger partial charge >= 0.3 is 0 Å². The summed E-state index contributed by atoms with van der Waals surface area (Å²) in [5, 5.41) is 0. The van der Waals surface area contributed by atoms with E-state index in [1.54, 1.807) is 7.11 Å². The van der Waals surface area contributed by atoms with Crippen LogP contribution in [0, 0.1) is 0 Å². The lowest BCUT2D eigenvalue weighted by Gasteiger charge is -2.10. The van der Waals surface area contributed by atoms with E-state index in [1.807, 2.05) is 12.2 Å². The van der Waals surface area contributed by atoms with Crippen molar-refractivity contribution in [2.75, 3.05) is 13.7 Å². The summed E-state index contributed by atoms with van der Waals surface area (Å²) in [6, 6.07) is 6.30. The quantitative estimate of drug-likeness (QED) is 0.608. The van der Waals surface area contributed by atoms with Crippen molar-refractivity contribution in [1.29, 1.82) is 0 Å². The van der Waals surface area contributed by atoms with Crippen LogP contribution in [-0.4, -0.2) is 13.7 Å². The Morgan fingerprint density at radius 3 is 2.71 bits per heavy atom. The van der Waals surface area contributed by atoms with E-state index in [4.69, 9.17) is 10.6 Å². The highest BCUT2D eigenvalue weighted by molar-refractivity contribution is 5.58. The summed E-state index contributed by atoms with van der Waals surface area (Å²) in [5.41, 5.74) is 2.36. The van der Waals surface area contributed by atoms with Crippen molar-refractivity contribution in [3.63, 3.8) is 0 Å². The van der Waals surface area contributed by atoms with Crippen molar-refractivity contribution in [1.82, 2.24) is 0 Å². The van der Waals surface area contributed by atoms with Crippen LogP contribution in [-0.2, 0) is 4.84 Å². The maximum atomic E-state index is 5.39. The third-order valence-corrected chi connectivity index (χ3v) is 2.62. The first-order valence-corrected chi connectivity index (χ1v) is 5.85. The van der Waals surface area contributed by atoms with Gasteiger partial charge in [0.1, 0.15) is 5.75 Å². The Kier molecular flexibility index (Phi) is 5.73. The number of nitrogens with two attached hydrogens (primary N) is 1. The molecule has 0 aromatic heterocycles. The summed E-state index contributed by atoms with van der Waals surface area (Å²) < 4.78 is 5.39. The van der Waals surface area contributed by atoms with Crippen LogP contribution in [0.2, 0.25) is 0 Å². The highest BCUT2D eigenvalue weighted by atomic mass is 16.6. The molecule has 0 aliphatic rings. The minimum Gasteiger partial charge on any atom is -0.496 e. The van der Waals surface area contributed by atoms with Gasteiger partial charge < -0.3 is 9.57 Å². The normalized spacial score (nSPS) is 11.4. The van der Waals surface area contributed by atoms with Crippen LogP contribution in [0.4, 0.5) is 0 Å². The van der Waals surface area contributed by atoms with Gasteiger partial charge in [0.15, 0.2) is 0 Å². The first-order valence-electron chi connectivity index (χ1n) is 5.85. The third kappa shape index (κ3) is 4.21. The van der Waals surface area contributed by atoms with E-state index in [1.165, 1.54) is 5.56 Å². The average molecular weight is 235 g/mol. The molecule has 0 saturated heterocycles. The molecule has 0 fully saturated rings. The molecule has 0 aliphatic carbocycles. The van der Waals surface area contributed by atoms with Gasteiger partial charge in [0, 0.05) is 5.56 Å². The van der Waals surface area contributed by atoms with Crippen LogP contribution >= 0.6 is 0 Å². The Morgan fingerprint density at radius 1 is 1.35 bits per heavy atom. The number of rotatable bonds is 6. The molecular weight excluding hydrogens is 214 g/mol. The molecule has 0 spiro atoms. The van der Waals surface area contributed by atoms with Crippen molar-refractivity contribution in [2.45, 2.75) is 26.2 Å². The molecule has 0 aliphatic heterocycles. The van der Waals surface area contributed by atoms with Gasteiger partial charge in [0.05, 0.1) is 13.7 Å². The smallest absolute Gasteiger partial charge is 0.126 e. The minimum atomic E-state index is 0.507. The Labute approximate surface area is 103 Å². The Bertz CT molecular complexity index is 372. The summed E-state index contributed by atoms with van der Waals surface area (Å²) >= 11 is 0. The van der Waals surface area contributed by atoms with Gasteiger partial charge in [0.2, 0.25) is 0 Å². The molecule has 3 nitrogen and oxygen atoms in total. The standard InChI is InChI=1S/C14H21NO2/c1-11(2)13-8-7-12(14(10-13)16-3)6-4-5-9-17-15/h4,6-8,10-11H,5,9,15H2,1-3H3/b6-4+. The molecule has 1 aromatic carbocycles. The fourth-order valence-corrected chi connectivity index (χ4v) is 1.57. The lowest BCUT2D eigenvalue weighted by molar-refractivity contribution is 0.143. The minimum absolute atomic E-state index is 0.507. The zero-order chi connectivity index (χ0) is 12.7. The van der Waals surface area contributed by atoms with Gasteiger partial charge in [-0.25, -0.2) is 5.90 Å². The molecule has 0 saturated carbocycles. The van der Waals surface area contributed by atoms with Crippen LogP contribution in [0.15, 0.2) is 24.3 Å². The predicted molar refractivity (Wildman–Crippen MR) is 70.9 cm³/mol. The molecule has 17 heavy (non-hydrogen) atoms. The molecule has 0 unspecified atom stereocenters. The molecule has 1 rings (SSSR count). The summed E-state index contributed by atoms with van der Waals surface area (Å²) in [5.74, 6) is 6.37. The topological polar surface area (TPSA) is 44.5 Å². The maximum absolute atomic E-state index is 5.39. The van der Waals surface area contributed by atoms with Crippen LogP contribution in [0.5, 0.6) is 5.75 Å². The third-order valence-electron chi connectivity index (χ3n) is 2.62.